The summed E-state index contributed by atoms with van der Waals surface area (Å²) < 4.78 is 0. The van der Waals surface area contributed by atoms with Crippen LogP contribution in [0.3, 0.4) is 0 Å². The van der Waals surface area contributed by atoms with Gasteiger partial charge in [-0.2, -0.15) is 11.8 Å². The van der Waals surface area contributed by atoms with Gasteiger partial charge < -0.3 is 5.11 Å². The summed E-state index contributed by atoms with van der Waals surface area (Å²) >= 11 is 2.08. The second-order valence-electron chi connectivity index (χ2n) is 4.58. The van der Waals surface area contributed by atoms with E-state index in [1.165, 1.54) is 30.8 Å². The van der Waals surface area contributed by atoms with Crippen molar-refractivity contribution in [2.75, 3.05) is 11.5 Å². The van der Waals surface area contributed by atoms with Crippen LogP contribution in [-0.4, -0.2) is 22.6 Å². The van der Waals surface area contributed by atoms with Crippen LogP contribution in [0.5, 0.6) is 0 Å². The molecule has 2 rings (SSSR count). The fraction of sp³-hybridized carbons (Fsp3) is 0.909. The summed E-state index contributed by atoms with van der Waals surface area (Å²) in [6.45, 7) is 0. The van der Waals surface area contributed by atoms with E-state index in [0.717, 1.165) is 24.2 Å². The molecule has 80 valence electrons. The normalized spacial score (nSPS) is 36.7. The fourth-order valence-electron chi connectivity index (χ4n) is 3.00. The molecule has 0 aromatic rings. The van der Waals surface area contributed by atoms with Gasteiger partial charge >= 0.3 is 5.97 Å². The van der Waals surface area contributed by atoms with Gasteiger partial charge in [-0.25, -0.2) is 0 Å². The molecule has 3 heteroatoms. The molecule has 1 saturated heterocycles. The molecule has 1 saturated carbocycles. The Bertz CT molecular complexity index is 195. The number of hydrogen-bond acceptors (Lipinski definition) is 2. The first-order chi connectivity index (χ1) is 6.77. The number of aliphatic carboxylic acids is 1. The van der Waals surface area contributed by atoms with Crippen molar-refractivity contribution in [2.24, 2.45) is 17.8 Å². The Labute approximate surface area is 89.5 Å². The Morgan fingerprint density at radius 3 is 2.50 bits per heavy atom. The third-order valence-electron chi connectivity index (χ3n) is 3.72. The third kappa shape index (κ3) is 2.25. The summed E-state index contributed by atoms with van der Waals surface area (Å²) in [5, 5.41) is 8.70. The molecule has 1 aliphatic carbocycles. The van der Waals surface area contributed by atoms with E-state index in [4.69, 9.17) is 5.11 Å². The number of fused-ring (bicyclic) bond motifs is 2. The lowest BCUT2D eigenvalue weighted by atomic mass is 9.71. The Balaban J connectivity index is 1.91. The first-order valence-electron chi connectivity index (χ1n) is 5.57. The Kier molecular flexibility index (Phi) is 3.37. The van der Waals surface area contributed by atoms with E-state index in [2.05, 4.69) is 11.8 Å². The summed E-state index contributed by atoms with van der Waals surface area (Å²) in [7, 11) is 0. The van der Waals surface area contributed by atoms with Crippen LogP contribution in [0.15, 0.2) is 0 Å². The zero-order valence-corrected chi connectivity index (χ0v) is 9.26. The second-order valence-corrected chi connectivity index (χ2v) is 5.66. The number of carboxylic acid groups (broad SMARTS) is 1. The van der Waals surface area contributed by atoms with E-state index in [0.29, 0.717) is 6.42 Å². The zero-order valence-electron chi connectivity index (χ0n) is 8.45. The summed E-state index contributed by atoms with van der Waals surface area (Å²) in [6, 6.07) is 0. The minimum Gasteiger partial charge on any atom is -0.481 e. The van der Waals surface area contributed by atoms with Gasteiger partial charge in [0.25, 0.3) is 0 Å². The smallest absolute Gasteiger partial charge is 0.303 e. The van der Waals surface area contributed by atoms with Crippen molar-refractivity contribution in [3.8, 4) is 0 Å². The maximum absolute atomic E-state index is 10.6. The predicted octanol–water partition coefficient (Wildman–Crippen LogP) is 2.63. The minimum absolute atomic E-state index is 0.377. The average Bonchev–Trinajstić information content (AvgIpc) is 2.13. The maximum Gasteiger partial charge on any atom is 0.303 e. The topological polar surface area (TPSA) is 37.3 Å². The van der Waals surface area contributed by atoms with Gasteiger partial charge in [0.1, 0.15) is 0 Å². The molecule has 1 N–H and O–H groups in total. The molecular weight excluding hydrogens is 196 g/mol. The van der Waals surface area contributed by atoms with Gasteiger partial charge in [0.05, 0.1) is 0 Å². The molecule has 2 fully saturated rings. The molecule has 0 radical (unpaired) electrons. The molecule has 2 aliphatic rings. The molecule has 2 unspecified atom stereocenters. The zero-order chi connectivity index (χ0) is 9.97. The monoisotopic (exact) mass is 214 g/mol. The van der Waals surface area contributed by atoms with Crippen molar-refractivity contribution in [2.45, 2.75) is 32.1 Å². The SMILES string of the molecule is O=C(O)CCC1C2CCCC1CSC2. The van der Waals surface area contributed by atoms with Gasteiger partial charge in [0, 0.05) is 6.42 Å². The van der Waals surface area contributed by atoms with E-state index in [9.17, 15) is 4.79 Å². The predicted molar refractivity (Wildman–Crippen MR) is 58.5 cm³/mol. The first-order valence-corrected chi connectivity index (χ1v) is 6.72. The third-order valence-corrected chi connectivity index (χ3v) is 5.04. The molecule has 0 amide bonds. The number of thioether (sulfide) groups is 1. The summed E-state index contributed by atoms with van der Waals surface area (Å²) in [6.07, 6.45) is 5.36. The van der Waals surface area contributed by atoms with Crippen molar-refractivity contribution in [3.63, 3.8) is 0 Å². The highest BCUT2D eigenvalue weighted by molar-refractivity contribution is 7.99. The van der Waals surface area contributed by atoms with E-state index < -0.39 is 5.97 Å². The van der Waals surface area contributed by atoms with Gasteiger partial charge in [0.2, 0.25) is 0 Å². The fourth-order valence-corrected chi connectivity index (χ4v) is 4.57. The summed E-state index contributed by atoms with van der Waals surface area (Å²) in [5.74, 6) is 4.31. The second kappa shape index (κ2) is 4.56. The minimum atomic E-state index is -0.624. The average molecular weight is 214 g/mol. The molecule has 2 atom stereocenters. The lowest BCUT2D eigenvalue weighted by molar-refractivity contribution is -0.137. The van der Waals surface area contributed by atoms with Crippen molar-refractivity contribution >= 4 is 17.7 Å². The Morgan fingerprint density at radius 1 is 1.29 bits per heavy atom. The lowest BCUT2D eigenvalue weighted by Gasteiger charge is -2.42. The number of carboxylic acids is 1. The van der Waals surface area contributed by atoms with Crippen molar-refractivity contribution < 1.29 is 9.90 Å². The molecule has 2 bridgehead atoms. The van der Waals surface area contributed by atoms with Gasteiger partial charge in [-0.1, -0.05) is 6.42 Å². The molecule has 0 spiro atoms. The molecule has 0 aromatic carbocycles. The number of hydrogen-bond donors (Lipinski definition) is 1. The van der Waals surface area contributed by atoms with Gasteiger partial charge in [-0.3, -0.25) is 4.79 Å². The largest absolute Gasteiger partial charge is 0.481 e. The van der Waals surface area contributed by atoms with Crippen molar-refractivity contribution in [1.82, 2.24) is 0 Å². The Hall–Kier alpha value is -0.180. The molecule has 14 heavy (non-hydrogen) atoms. The van der Waals surface area contributed by atoms with Gasteiger partial charge in [-0.15, -0.1) is 0 Å². The first kappa shape index (κ1) is 10.3. The van der Waals surface area contributed by atoms with E-state index in [1.807, 2.05) is 0 Å². The highest BCUT2D eigenvalue weighted by Gasteiger charge is 2.36. The van der Waals surface area contributed by atoms with Gasteiger partial charge in [0.15, 0.2) is 0 Å². The van der Waals surface area contributed by atoms with Crippen molar-refractivity contribution in [1.29, 1.82) is 0 Å². The number of rotatable bonds is 3. The molecule has 2 nitrogen and oxygen atoms in total. The van der Waals surface area contributed by atoms with Gasteiger partial charge in [-0.05, 0) is 48.5 Å². The van der Waals surface area contributed by atoms with Crippen LogP contribution in [0, 0.1) is 17.8 Å². The van der Waals surface area contributed by atoms with Crippen LogP contribution in [0.25, 0.3) is 0 Å². The molecule has 1 heterocycles. The quantitative estimate of drug-likeness (QED) is 0.784. The molecule has 1 aliphatic heterocycles. The van der Waals surface area contributed by atoms with Crippen molar-refractivity contribution in [3.05, 3.63) is 0 Å². The molecule has 0 aromatic heterocycles. The number of carbonyl (C=O) groups is 1. The van der Waals surface area contributed by atoms with E-state index in [1.54, 1.807) is 0 Å². The van der Waals surface area contributed by atoms with Crippen LogP contribution >= 0.6 is 11.8 Å². The highest BCUT2D eigenvalue weighted by Crippen LogP contribution is 2.44. The molecular formula is C11H18O2S. The Morgan fingerprint density at radius 2 is 1.93 bits per heavy atom. The van der Waals surface area contributed by atoms with Crippen LogP contribution < -0.4 is 0 Å². The summed E-state index contributed by atoms with van der Waals surface area (Å²) in [4.78, 5) is 10.6. The summed E-state index contributed by atoms with van der Waals surface area (Å²) in [5.41, 5.74) is 0. The van der Waals surface area contributed by atoms with Crippen LogP contribution in [0.1, 0.15) is 32.1 Å². The van der Waals surface area contributed by atoms with E-state index in [-0.39, 0.29) is 0 Å². The van der Waals surface area contributed by atoms with Crippen LogP contribution in [0.4, 0.5) is 0 Å². The van der Waals surface area contributed by atoms with E-state index >= 15 is 0 Å². The highest BCUT2D eigenvalue weighted by atomic mass is 32.2. The van der Waals surface area contributed by atoms with Crippen LogP contribution in [0.2, 0.25) is 0 Å². The van der Waals surface area contributed by atoms with Crippen LogP contribution in [-0.2, 0) is 4.79 Å². The maximum atomic E-state index is 10.6. The lowest BCUT2D eigenvalue weighted by Crippen LogP contribution is -2.35. The standard InChI is InChI=1S/C11H18O2S/c12-11(13)5-4-10-8-2-1-3-9(10)7-14-6-8/h8-10H,1-7H2,(H,12,13).